The number of aromatic nitrogens is 1. The number of rotatable bonds is 4. The van der Waals surface area contributed by atoms with Crippen LogP contribution in [0.4, 0.5) is 0 Å². The summed E-state index contributed by atoms with van der Waals surface area (Å²) in [7, 11) is 1.40. The van der Waals surface area contributed by atoms with Gasteiger partial charge in [-0.3, -0.25) is 5.32 Å². The number of aryl methyl sites for hydroxylation is 1. The molecule has 0 spiro atoms. The van der Waals surface area contributed by atoms with Gasteiger partial charge < -0.3 is 4.74 Å². The number of carbonyl (C=O) groups excluding carboxylic acids is 1. The van der Waals surface area contributed by atoms with Crippen molar-refractivity contribution < 1.29 is 9.53 Å². The molecule has 1 atom stereocenters. The summed E-state index contributed by atoms with van der Waals surface area (Å²) in [6, 6.07) is -0.182. The summed E-state index contributed by atoms with van der Waals surface area (Å²) in [6.45, 7) is 5.88. The molecular weight excluding hydrogens is 212 g/mol. The minimum Gasteiger partial charge on any atom is -0.468 e. The molecule has 0 saturated heterocycles. The molecule has 0 saturated carbocycles. The van der Waals surface area contributed by atoms with Crippen molar-refractivity contribution in [2.45, 2.75) is 32.9 Å². The monoisotopic (exact) mass is 228 g/mol. The first-order valence-electron chi connectivity index (χ1n) is 4.80. The smallest absolute Gasteiger partial charge is 0.328 e. The van der Waals surface area contributed by atoms with Gasteiger partial charge in [-0.2, -0.15) is 0 Å². The second-order valence-corrected chi connectivity index (χ2v) is 4.47. The molecule has 1 aromatic rings. The van der Waals surface area contributed by atoms with Crippen LogP contribution < -0.4 is 5.32 Å². The predicted molar refractivity (Wildman–Crippen MR) is 59.9 cm³/mol. The Balaban J connectivity index is 2.91. The van der Waals surface area contributed by atoms with Crippen molar-refractivity contribution in [2.75, 3.05) is 7.11 Å². The topological polar surface area (TPSA) is 51.2 Å². The minimum absolute atomic E-state index is 0.218. The number of nitrogens with one attached hydrogen (secondary N) is 1. The van der Waals surface area contributed by atoms with Gasteiger partial charge in [0.25, 0.3) is 0 Å². The molecule has 0 aromatic carbocycles. The van der Waals surface area contributed by atoms with Crippen molar-refractivity contribution >= 4 is 17.3 Å². The highest BCUT2D eigenvalue weighted by molar-refractivity contribution is 7.10. The standard InChI is InChI=1S/C10H16N2O2S/c1-6(2)12-8(10(13)14-4)9-7(3)11-5-15-9/h5-6,8,12H,1-4H3. The SMILES string of the molecule is COC(=O)C(NC(C)C)c1scnc1C. The quantitative estimate of drug-likeness (QED) is 0.796. The lowest BCUT2D eigenvalue weighted by Crippen LogP contribution is -2.34. The summed E-state index contributed by atoms with van der Waals surface area (Å²) in [5.74, 6) is -0.268. The Hall–Kier alpha value is -0.940. The predicted octanol–water partition coefficient (Wildman–Crippen LogP) is 1.66. The summed E-state index contributed by atoms with van der Waals surface area (Å²) in [5.41, 5.74) is 2.62. The van der Waals surface area contributed by atoms with Gasteiger partial charge >= 0.3 is 5.97 Å². The van der Waals surface area contributed by atoms with Crippen molar-refractivity contribution in [3.05, 3.63) is 16.1 Å². The van der Waals surface area contributed by atoms with Gasteiger partial charge in [0.2, 0.25) is 0 Å². The van der Waals surface area contributed by atoms with Crippen molar-refractivity contribution in [2.24, 2.45) is 0 Å². The Morgan fingerprint density at radius 1 is 1.60 bits per heavy atom. The van der Waals surface area contributed by atoms with E-state index in [4.69, 9.17) is 4.74 Å². The number of methoxy groups -OCH3 is 1. The third-order valence-electron chi connectivity index (χ3n) is 1.98. The fourth-order valence-corrected chi connectivity index (χ4v) is 2.14. The van der Waals surface area contributed by atoms with Crippen LogP contribution in [0.2, 0.25) is 0 Å². The van der Waals surface area contributed by atoms with Crippen molar-refractivity contribution in [3.63, 3.8) is 0 Å². The number of esters is 1. The third kappa shape index (κ3) is 3.00. The Bertz CT molecular complexity index is 336. The van der Waals surface area contributed by atoms with Crippen molar-refractivity contribution in [1.82, 2.24) is 10.3 Å². The number of hydrogen-bond acceptors (Lipinski definition) is 5. The molecule has 1 rings (SSSR count). The maximum Gasteiger partial charge on any atom is 0.328 e. The lowest BCUT2D eigenvalue weighted by molar-refractivity contribution is -0.143. The molecule has 0 aliphatic carbocycles. The number of hydrogen-bond donors (Lipinski definition) is 1. The summed E-state index contributed by atoms with van der Waals surface area (Å²) in [6.07, 6.45) is 0. The van der Waals surface area contributed by atoms with Crippen LogP contribution in [0.15, 0.2) is 5.51 Å². The zero-order valence-corrected chi connectivity index (χ0v) is 10.2. The summed E-state index contributed by atoms with van der Waals surface area (Å²) < 4.78 is 4.77. The average Bonchev–Trinajstić information content (AvgIpc) is 2.59. The first-order chi connectivity index (χ1) is 7.06. The largest absolute Gasteiger partial charge is 0.468 e. The van der Waals surface area contributed by atoms with Crippen LogP contribution in [0.3, 0.4) is 0 Å². The number of thiazole rings is 1. The van der Waals surface area contributed by atoms with E-state index in [0.717, 1.165) is 10.6 Å². The molecule has 84 valence electrons. The van der Waals surface area contributed by atoms with Gasteiger partial charge in [0.05, 0.1) is 23.2 Å². The highest BCUT2D eigenvalue weighted by Gasteiger charge is 2.25. The minimum atomic E-state index is -0.400. The van der Waals surface area contributed by atoms with Gasteiger partial charge in [0.1, 0.15) is 6.04 Å². The molecule has 1 unspecified atom stereocenters. The number of nitrogens with zero attached hydrogens (tertiary/aromatic N) is 1. The number of ether oxygens (including phenoxy) is 1. The molecule has 15 heavy (non-hydrogen) atoms. The van der Waals surface area contributed by atoms with E-state index in [1.165, 1.54) is 18.4 Å². The van der Waals surface area contributed by atoms with Crippen LogP contribution >= 0.6 is 11.3 Å². The Morgan fingerprint density at radius 2 is 2.27 bits per heavy atom. The van der Waals surface area contributed by atoms with Crippen LogP contribution in [-0.2, 0) is 9.53 Å². The lowest BCUT2D eigenvalue weighted by atomic mass is 10.2. The maximum absolute atomic E-state index is 11.6. The highest BCUT2D eigenvalue weighted by atomic mass is 32.1. The Kier molecular flexibility index (Phi) is 4.23. The molecule has 4 nitrogen and oxygen atoms in total. The summed E-state index contributed by atoms with van der Waals surface area (Å²) >= 11 is 1.47. The lowest BCUT2D eigenvalue weighted by Gasteiger charge is -2.18. The van der Waals surface area contributed by atoms with E-state index in [0.29, 0.717) is 0 Å². The third-order valence-corrected chi connectivity index (χ3v) is 2.98. The molecule has 0 radical (unpaired) electrons. The zero-order valence-electron chi connectivity index (χ0n) is 9.40. The maximum atomic E-state index is 11.6. The van der Waals surface area contributed by atoms with Gasteiger partial charge in [0, 0.05) is 6.04 Å². The molecule has 0 fully saturated rings. The fourth-order valence-electron chi connectivity index (χ4n) is 1.29. The van der Waals surface area contributed by atoms with Crippen molar-refractivity contribution in [1.29, 1.82) is 0 Å². The molecule has 0 bridgehead atoms. The molecular formula is C10H16N2O2S. The van der Waals surface area contributed by atoms with Crippen LogP contribution in [0.5, 0.6) is 0 Å². The van der Waals surface area contributed by atoms with E-state index in [2.05, 4.69) is 10.3 Å². The van der Waals surface area contributed by atoms with Gasteiger partial charge in [0.15, 0.2) is 0 Å². The zero-order chi connectivity index (χ0) is 11.4. The van der Waals surface area contributed by atoms with Crippen LogP contribution in [-0.4, -0.2) is 24.1 Å². The molecule has 1 aromatic heterocycles. The normalized spacial score (nSPS) is 12.9. The van der Waals surface area contributed by atoms with Crippen LogP contribution in [0.1, 0.15) is 30.5 Å². The first kappa shape index (κ1) is 12.1. The molecule has 0 amide bonds. The van der Waals surface area contributed by atoms with Gasteiger partial charge in [-0.25, -0.2) is 9.78 Å². The van der Waals surface area contributed by atoms with E-state index in [1.807, 2.05) is 20.8 Å². The van der Waals surface area contributed by atoms with Crippen molar-refractivity contribution in [3.8, 4) is 0 Å². The van der Waals surface area contributed by atoms with Crippen LogP contribution in [0, 0.1) is 6.92 Å². The molecule has 1 heterocycles. The fraction of sp³-hybridized carbons (Fsp3) is 0.600. The van der Waals surface area contributed by atoms with E-state index in [1.54, 1.807) is 5.51 Å². The van der Waals surface area contributed by atoms with E-state index in [-0.39, 0.29) is 12.0 Å². The second kappa shape index (κ2) is 5.23. The van der Waals surface area contributed by atoms with Gasteiger partial charge in [-0.15, -0.1) is 11.3 Å². The highest BCUT2D eigenvalue weighted by Crippen LogP contribution is 2.23. The first-order valence-corrected chi connectivity index (χ1v) is 5.68. The average molecular weight is 228 g/mol. The molecule has 5 heteroatoms. The molecule has 1 N–H and O–H groups in total. The summed E-state index contributed by atoms with van der Waals surface area (Å²) in [4.78, 5) is 16.7. The van der Waals surface area contributed by atoms with Crippen LogP contribution in [0.25, 0.3) is 0 Å². The number of carbonyl (C=O) groups is 1. The Morgan fingerprint density at radius 3 is 2.67 bits per heavy atom. The van der Waals surface area contributed by atoms with E-state index in [9.17, 15) is 4.79 Å². The molecule has 0 aliphatic rings. The van der Waals surface area contributed by atoms with Gasteiger partial charge in [-0.1, -0.05) is 0 Å². The van der Waals surface area contributed by atoms with E-state index < -0.39 is 6.04 Å². The van der Waals surface area contributed by atoms with E-state index >= 15 is 0 Å². The van der Waals surface area contributed by atoms with Gasteiger partial charge in [-0.05, 0) is 20.8 Å². The Labute approximate surface area is 93.7 Å². The molecule has 0 aliphatic heterocycles. The second-order valence-electron chi connectivity index (χ2n) is 3.58. The summed E-state index contributed by atoms with van der Waals surface area (Å²) in [5, 5.41) is 3.17.